The second kappa shape index (κ2) is 6.30. The molecule has 0 fully saturated rings. The molecule has 3 aromatic rings. The first kappa shape index (κ1) is 16.5. The second-order valence-electron chi connectivity index (χ2n) is 5.27. The van der Waals surface area contributed by atoms with E-state index < -0.39 is 23.5 Å². The van der Waals surface area contributed by atoms with Gasteiger partial charge in [0.15, 0.2) is 5.15 Å². The Kier molecular flexibility index (Phi) is 4.34. The lowest BCUT2D eigenvalue weighted by Gasteiger charge is -2.16. The third-order valence-electron chi connectivity index (χ3n) is 3.80. The Labute approximate surface area is 141 Å². The average molecular weight is 352 g/mol. The summed E-state index contributed by atoms with van der Waals surface area (Å²) < 4.78 is 43.8. The molecule has 0 aliphatic heterocycles. The van der Waals surface area contributed by atoms with Crippen molar-refractivity contribution >= 4 is 11.6 Å². The maximum absolute atomic E-state index is 14.2. The van der Waals surface area contributed by atoms with E-state index in [0.717, 1.165) is 12.1 Å². The molecule has 124 valence electrons. The highest BCUT2D eigenvalue weighted by molar-refractivity contribution is 6.32. The van der Waals surface area contributed by atoms with Crippen molar-refractivity contribution < 1.29 is 13.2 Å². The van der Waals surface area contributed by atoms with Gasteiger partial charge in [-0.2, -0.15) is 5.10 Å². The molecule has 3 rings (SSSR count). The molecule has 0 saturated carbocycles. The van der Waals surface area contributed by atoms with Gasteiger partial charge in [-0.05, 0) is 18.2 Å². The Morgan fingerprint density at radius 2 is 1.54 bits per heavy atom. The quantitative estimate of drug-likeness (QED) is 0.768. The molecule has 2 N–H and O–H groups in total. The minimum atomic E-state index is -0.995. The molecule has 3 nitrogen and oxygen atoms in total. The van der Waals surface area contributed by atoms with E-state index in [1.807, 2.05) is 0 Å². The normalized spacial score (nSPS) is 12.4. The maximum Gasteiger partial charge on any atom is 0.159 e. The van der Waals surface area contributed by atoms with E-state index >= 15 is 0 Å². The molecule has 0 saturated heterocycles. The third-order valence-corrected chi connectivity index (χ3v) is 4.06. The summed E-state index contributed by atoms with van der Waals surface area (Å²) >= 11 is 6.09. The summed E-state index contributed by atoms with van der Waals surface area (Å²) in [6.07, 6.45) is 0. The number of rotatable bonds is 3. The smallest absolute Gasteiger partial charge is 0.159 e. The first-order valence-electron chi connectivity index (χ1n) is 7.08. The predicted octanol–water partition coefficient (Wildman–Crippen LogP) is 4.21. The molecule has 2 aromatic carbocycles. The number of halogens is 4. The maximum atomic E-state index is 14.2. The lowest BCUT2D eigenvalue weighted by Crippen LogP contribution is -2.18. The van der Waals surface area contributed by atoms with E-state index in [4.69, 9.17) is 17.3 Å². The highest BCUT2D eigenvalue weighted by Gasteiger charge is 2.28. The van der Waals surface area contributed by atoms with Gasteiger partial charge in [-0.3, -0.25) is 4.68 Å². The Hall–Kier alpha value is -2.31. The zero-order valence-corrected chi connectivity index (χ0v) is 13.4. The van der Waals surface area contributed by atoms with Crippen LogP contribution in [0, 0.1) is 17.5 Å². The largest absolute Gasteiger partial charge is 0.319 e. The van der Waals surface area contributed by atoms with Crippen LogP contribution in [0.1, 0.15) is 17.3 Å². The number of hydrogen-bond donors (Lipinski definition) is 1. The number of nitrogens with two attached hydrogens (primary N) is 1. The summed E-state index contributed by atoms with van der Waals surface area (Å²) in [5, 5.41) is 3.88. The van der Waals surface area contributed by atoms with Gasteiger partial charge in [0, 0.05) is 18.2 Å². The zero-order chi connectivity index (χ0) is 17.4. The number of benzene rings is 2. The molecule has 0 aliphatic carbocycles. The van der Waals surface area contributed by atoms with Crippen LogP contribution < -0.4 is 5.73 Å². The molecule has 0 amide bonds. The van der Waals surface area contributed by atoms with Crippen LogP contribution in [0.25, 0.3) is 11.1 Å². The summed E-state index contributed by atoms with van der Waals surface area (Å²) in [6, 6.07) is 8.39. The fraction of sp³-hybridized carbons (Fsp3) is 0.118. The van der Waals surface area contributed by atoms with Crippen molar-refractivity contribution in [1.29, 1.82) is 0 Å². The number of nitrogens with zero attached hydrogens (tertiary/aromatic N) is 2. The Morgan fingerprint density at radius 1 is 0.958 bits per heavy atom. The number of aromatic nitrogens is 2. The van der Waals surface area contributed by atoms with Gasteiger partial charge in [-0.1, -0.05) is 35.9 Å². The molecule has 0 bridgehead atoms. The summed E-state index contributed by atoms with van der Waals surface area (Å²) in [5.74, 6) is -2.12. The Bertz CT molecular complexity index is 888. The van der Waals surface area contributed by atoms with Crippen LogP contribution >= 0.6 is 11.6 Å². The van der Waals surface area contributed by atoms with E-state index in [2.05, 4.69) is 5.10 Å². The molecule has 1 aromatic heterocycles. The highest BCUT2D eigenvalue weighted by atomic mass is 35.5. The van der Waals surface area contributed by atoms with Crippen molar-refractivity contribution in [3.8, 4) is 11.1 Å². The monoisotopic (exact) mass is 351 g/mol. The zero-order valence-electron chi connectivity index (χ0n) is 12.6. The van der Waals surface area contributed by atoms with Gasteiger partial charge in [0.2, 0.25) is 0 Å². The topological polar surface area (TPSA) is 43.8 Å². The van der Waals surface area contributed by atoms with Gasteiger partial charge in [0.1, 0.15) is 17.5 Å². The molecule has 7 heteroatoms. The summed E-state index contributed by atoms with van der Waals surface area (Å²) in [4.78, 5) is 0. The first-order chi connectivity index (χ1) is 11.4. The highest BCUT2D eigenvalue weighted by Crippen LogP contribution is 2.38. The summed E-state index contributed by atoms with van der Waals surface area (Å²) in [7, 11) is 1.53. The minimum Gasteiger partial charge on any atom is -0.319 e. The number of aryl methyl sites for hydroxylation is 1. The second-order valence-corrected chi connectivity index (χ2v) is 5.63. The molecule has 1 heterocycles. The van der Waals surface area contributed by atoms with E-state index in [-0.39, 0.29) is 27.5 Å². The van der Waals surface area contributed by atoms with E-state index in [9.17, 15) is 13.2 Å². The summed E-state index contributed by atoms with van der Waals surface area (Å²) in [6.45, 7) is 0. The van der Waals surface area contributed by atoms with Crippen LogP contribution in [0.4, 0.5) is 13.2 Å². The lowest BCUT2D eigenvalue weighted by atomic mass is 9.96. The minimum absolute atomic E-state index is 0.0190. The van der Waals surface area contributed by atoms with Crippen LogP contribution in [0.3, 0.4) is 0 Å². The summed E-state index contributed by atoms with van der Waals surface area (Å²) in [5.41, 5.74) is 6.24. The fourth-order valence-corrected chi connectivity index (χ4v) is 3.01. The van der Waals surface area contributed by atoms with Gasteiger partial charge < -0.3 is 5.73 Å². The van der Waals surface area contributed by atoms with Crippen molar-refractivity contribution in [1.82, 2.24) is 9.78 Å². The van der Waals surface area contributed by atoms with Crippen molar-refractivity contribution in [2.24, 2.45) is 12.8 Å². The molecule has 0 radical (unpaired) electrons. The van der Waals surface area contributed by atoms with E-state index in [1.54, 1.807) is 6.07 Å². The fourth-order valence-electron chi connectivity index (χ4n) is 2.70. The van der Waals surface area contributed by atoms with E-state index in [0.29, 0.717) is 0 Å². The molecule has 1 atom stereocenters. The van der Waals surface area contributed by atoms with Gasteiger partial charge in [-0.15, -0.1) is 0 Å². The van der Waals surface area contributed by atoms with Crippen LogP contribution in [-0.2, 0) is 7.05 Å². The first-order valence-corrected chi connectivity index (χ1v) is 7.46. The molecule has 24 heavy (non-hydrogen) atoms. The van der Waals surface area contributed by atoms with Gasteiger partial charge in [-0.25, -0.2) is 13.2 Å². The third kappa shape index (κ3) is 2.68. The lowest BCUT2D eigenvalue weighted by molar-refractivity contribution is 0.582. The average Bonchev–Trinajstić information content (AvgIpc) is 2.81. The van der Waals surface area contributed by atoms with Gasteiger partial charge >= 0.3 is 0 Å². The molecular formula is C17H13ClF3N3. The molecular weight excluding hydrogens is 339 g/mol. The Morgan fingerprint density at radius 3 is 2.17 bits per heavy atom. The Balaban J connectivity index is 2.26. The van der Waals surface area contributed by atoms with Crippen LogP contribution in [0.5, 0.6) is 0 Å². The standard InChI is InChI=1S/C17H13ClF3N3/c1-24-16(15(22)9-5-2-3-6-10(9)19)14(17(18)23-24)13-11(20)7-4-8-12(13)21/h2-8,15H,22H2,1H3. The van der Waals surface area contributed by atoms with Crippen molar-refractivity contribution in [2.45, 2.75) is 6.04 Å². The van der Waals surface area contributed by atoms with Crippen LogP contribution in [0.2, 0.25) is 5.15 Å². The number of hydrogen-bond acceptors (Lipinski definition) is 2. The van der Waals surface area contributed by atoms with Crippen LogP contribution in [0.15, 0.2) is 42.5 Å². The van der Waals surface area contributed by atoms with Crippen molar-refractivity contribution in [3.05, 3.63) is 76.3 Å². The van der Waals surface area contributed by atoms with Crippen molar-refractivity contribution in [2.75, 3.05) is 0 Å². The van der Waals surface area contributed by atoms with Crippen molar-refractivity contribution in [3.63, 3.8) is 0 Å². The molecule has 0 aliphatic rings. The van der Waals surface area contributed by atoms with Gasteiger partial charge in [0.25, 0.3) is 0 Å². The SMILES string of the molecule is Cn1nc(Cl)c(-c2c(F)cccc2F)c1C(N)c1ccccc1F. The van der Waals surface area contributed by atoms with E-state index in [1.165, 1.54) is 36.0 Å². The molecule has 1 unspecified atom stereocenters. The van der Waals surface area contributed by atoms with Crippen LogP contribution in [-0.4, -0.2) is 9.78 Å². The van der Waals surface area contributed by atoms with Gasteiger partial charge in [0.05, 0.1) is 17.3 Å². The molecule has 0 spiro atoms. The predicted molar refractivity (Wildman–Crippen MR) is 86.0 cm³/mol.